The van der Waals surface area contributed by atoms with Crippen molar-refractivity contribution < 1.29 is 4.74 Å². The van der Waals surface area contributed by atoms with Crippen molar-refractivity contribution in [1.29, 1.82) is 0 Å². The Labute approximate surface area is 120 Å². The highest BCUT2D eigenvalue weighted by Gasteiger charge is 1.94. The number of hydrogen-bond donors (Lipinski definition) is 0. The standard InChI is InChI=1S/C18H19NO/c1-3-4-5-15-6-8-16(9-7-15)10-11-17-12-13-18(20-2)14-19-17/h6-9,12-14H,3-5H2,1-2H3. The van der Waals surface area contributed by atoms with E-state index in [4.69, 9.17) is 4.74 Å². The first kappa shape index (κ1) is 14.1. The Balaban J connectivity index is 2.04. The number of nitrogens with zero attached hydrogens (tertiary/aromatic N) is 1. The molecule has 2 aromatic rings. The van der Waals surface area contributed by atoms with Gasteiger partial charge < -0.3 is 4.74 Å². The molecule has 2 rings (SSSR count). The lowest BCUT2D eigenvalue weighted by Gasteiger charge is -1.99. The van der Waals surface area contributed by atoms with Crippen LogP contribution in [0.2, 0.25) is 0 Å². The second-order valence-corrected chi connectivity index (χ2v) is 4.63. The van der Waals surface area contributed by atoms with E-state index < -0.39 is 0 Å². The molecule has 2 nitrogen and oxygen atoms in total. The molecule has 102 valence electrons. The average molecular weight is 265 g/mol. The fourth-order valence-corrected chi connectivity index (χ4v) is 1.85. The minimum absolute atomic E-state index is 0.746. The molecule has 0 aliphatic heterocycles. The number of benzene rings is 1. The zero-order chi connectivity index (χ0) is 14.2. The van der Waals surface area contributed by atoms with Crippen LogP contribution in [0.5, 0.6) is 5.75 Å². The maximum absolute atomic E-state index is 5.07. The van der Waals surface area contributed by atoms with Gasteiger partial charge in [0.25, 0.3) is 0 Å². The molecule has 0 saturated heterocycles. The van der Waals surface area contributed by atoms with Crippen molar-refractivity contribution in [2.75, 3.05) is 7.11 Å². The van der Waals surface area contributed by atoms with Crippen LogP contribution in [0.4, 0.5) is 0 Å². The highest BCUT2D eigenvalue weighted by atomic mass is 16.5. The van der Waals surface area contributed by atoms with Gasteiger partial charge in [-0.1, -0.05) is 31.4 Å². The van der Waals surface area contributed by atoms with Crippen molar-refractivity contribution >= 4 is 0 Å². The van der Waals surface area contributed by atoms with Gasteiger partial charge in [0.1, 0.15) is 11.4 Å². The van der Waals surface area contributed by atoms with Crippen molar-refractivity contribution in [2.24, 2.45) is 0 Å². The van der Waals surface area contributed by atoms with Gasteiger partial charge >= 0.3 is 0 Å². The summed E-state index contributed by atoms with van der Waals surface area (Å²) in [6, 6.07) is 12.2. The highest BCUT2D eigenvalue weighted by molar-refractivity contribution is 5.41. The molecule has 0 atom stereocenters. The quantitative estimate of drug-likeness (QED) is 0.784. The van der Waals surface area contributed by atoms with E-state index in [1.165, 1.54) is 18.4 Å². The Morgan fingerprint density at radius 3 is 2.45 bits per heavy atom. The number of unbranched alkanes of at least 4 members (excludes halogenated alkanes) is 1. The molecule has 0 saturated carbocycles. The fraction of sp³-hybridized carbons (Fsp3) is 0.278. The molecule has 1 aromatic carbocycles. The largest absolute Gasteiger partial charge is 0.495 e. The predicted octanol–water partition coefficient (Wildman–Crippen LogP) is 3.83. The summed E-state index contributed by atoms with van der Waals surface area (Å²) in [6.45, 7) is 2.21. The van der Waals surface area contributed by atoms with Crippen LogP contribution < -0.4 is 4.74 Å². The van der Waals surface area contributed by atoms with Crippen LogP contribution in [-0.2, 0) is 6.42 Å². The van der Waals surface area contributed by atoms with Crippen LogP contribution in [0.1, 0.15) is 36.6 Å². The van der Waals surface area contributed by atoms with Crippen LogP contribution >= 0.6 is 0 Å². The molecule has 2 heteroatoms. The van der Waals surface area contributed by atoms with Crippen molar-refractivity contribution in [3.8, 4) is 17.6 Å². The summed E-state index contributed by atoms with van der Waals surface area (Å²) >= 11 is 0. The summed E-state index contributed by atoms with van der Waals surface area (Å²) in [5.41, 5.74) is 3.14. The number of aryl methyl sites for hydroxylation is 1. The van der Waals surface area contributed by atoms with E-state index in [1.807, 2.05) is 12.1 Å². The minimum atomic E-state index is 0.746. The Kier molecular flexibility index (Phi) is 5.20. The molecule has 0 fully saturated rings. The third kappa shape index (κ3) is 4.13. The van der Waals surface area contributed by atoms with Crippen molar-refractivity contribution in [3.63, 3.8) is 0 Å². The van der Waals surface area contributed by atoms with E-state index in [0.29, 0.717) is 0 Å². The Bertz CT molecular complexity index is 588. The molecule has 0 spiro atoms. The van der Waals surface area contributed by atoms with Crippen molar-refractivity contribution in [1.82, 2.24) is 4.98 Å². The van der Waals surface area contributed by atoms with Gasteiger partial charge in [-0.3, -0.25) is 0 Å². The zero-order valence-corrected chi connectivity index (χ0v) is 12.0. The first-order chi connectivity index (χ1) is 9.81. The topological polar surface area (TPSA) is 22.1 Å². The molecule has 0 amide bonds. The molecule has 0 N–H and O–H groups in total. The van der Waals surface area contributed by atoms with Gasteiger partial charge in [-0.05, 0) is 48.6 Å². The SMILES string of the molecule is CCCCc1ccc(C#Cc2ccc(OC)cn2)cc1. The maximum Gasteiger partial charge on any atom is 0.137 e. The smallest absolute Gasteiger partial charge is 0.137 e. The van der Waals surface area contributed by atoms with Crippen LogP contribution in [0.15, 0.2) is 42.6 Å². The Morgan fingerprint density at radius 2 is 1.85 bits per heavy atom. The summed E-state index contributed by atoms with van der Waals surface area (Å²) in [7, 11) is 1.63. The zero-order valence-electron chi connectivity index (χ0n) is 12.0. The molecule has 0 bridgehead atoms. The average Bonchev–Trinajstić information content (AvgIpc) is 2.52. The van der Waals surface area contributed by atoms with Crippen molar-refractivity contribution in [3.05, 3.63) is 59.4 Å². The van der Waals surface area contributed by atoms with Gasteiger partial charge in [0.05, 0.1) is 13.3 Å². The summed E-state index contributed by atoms with van der Waals surface area (Å²) in [6.07, 6.45) is 5.29. The lowest BCUT2D eigenvalue weighted by molar-refractivity contribution is 0.413. The number of rotatable bonds is 4. The molecule has 0 aliphatic carbocycles. The van der Waals surface area contributed by atoms with E-state index >= 15 is 0 Å². The first-order valence-corrected chi connectivity index (χ1v) is 6.93. The fourth-order valence-electron chi connectivity index (χ4n) is 1.85. The van der Waals surface area contributed by atoms with Gasteiger partial charge in [0.2, 0.25) is 0 Å². The molecule has 0 unspecified atom stereocenters. The number of aromatic nitrogens is 1. The van der Waals surface area contributed by atoms with Gasteiger partial charge in [-0.2, -0.15) is 0 Å². The lowest BCUT2D eigenvalue weighted by Crippen LogP contribution is -1.87. The monoisotopic (exact) mass is 265 g/mol. The van der Waals surface area contributed by atoms with Crippen molar-refractivity contribution in [2.45, 2.75) is 26.2 Å². The summed E-state index contributed by atoms with van der Waals surface area (Å²) in [5.74, 6) is 6.93. The number of hydrogen-bond acceptors (Lipinski definition) is 2. The van der Waals surface area contributed by atoms with Gasteiger partial charge in [-0.25, -0.2) is 4.98 Å². The van der Waals surface area contributed by atoms with E-state index in [2.05, 4.69) is 48.0 Å². The highest BCUT2D eigenvalue weighted by Crippen LogP contribution is 2.09. The molecular formula is C18H19NO. The predicted molar refractivity (Wildman–Crippen MR) is 81.8 cm³/mol. The molecule has 0 radical (unpaired) electrons. The van der Waals surface area contributed by atoms with Gasteiger partial charge in [0.15, 0.2) is 0 Å². The van der Waals surface area contributed by atoms with E-state index in [1.54, 1.807) is 13.3 Å². The van der Waals surface area contributed by atoms with E-state index in [-0.39, 0.29) is 0 Å². The Hall–Kier alpha value is -2.27. The van der Waals surface area contributed by atoms with E-state index in [0.717, 1.165) is 23.4 Å². The molecule has 20 heavy (non-hydrogen) atoms. The molecule has 1 heterocycles. The number of ether oxygens (including phenoxy) is 1. The lowest BCUT2D eigenvalue weighted by atomic mass is 10.1. The molecule has 0 aliphatic rings. The van der Waals surface area contributed by atoms with Crippen LogP contribution in [0.25, 0.3) is 0 Å². The van der Waals surface area contributed by atoms with Gasteiger partial charge in [-0.15, -0.1) is 0 Å². The van der Waals surface area contributed by atoms with Crippen LogP contribution in [0.3, 0.4) is 0 Å². The third-order valence-corrected chi connectivity index (χ3v) is 3.08. The van der Waals surface area contributed by atoms with E-state index in [9.17, 15) is 0 Å². The number of pyridine rings is 1. The second-order valence-electron chi connectivity index (χ2n) is 4.63. The van der Waals surface area contributed by atoms with Crippen LogP contribution in [-0.4, -0.2) is 12.1 Å². The summed E-state index contributed by atoms with van der Waals surface area (Å²) in [5, 5.41) is 0. The number of methoxy groups -OCH3 is 1. The summed E-state index contributed by atoms with van der Waals surface area (Å²) in [4.78, 5) is 4.22. The third-order valence-electron chi connectivity index (χ3n) is 3.08. The second kappa shape index (κ2) is 7.35. The Morgan fingerprint density at radius 1 is 1.05 bits per heavy atom. The normalized spacial score (nSPS) is 9.70. The molecule has 1 aromatic heterocycles. The summed E-state index contributed by atoms with van der Waals surface area (Å²) < 4.78 is 5.07. The van der Waals surface area contributed by atoms with Gasteiger partial charge in [0, 0.05) is 5.56 Å². The molecular weight excluding hydrogens is 246 g/mol. The maximum atomic E-state index is 5.07. The first-order valence-electron chi connectivity index (χ1n) is 6.93. The minimum Gasteiger partial charge on any atom is -0.495 e. The van der Waals surface area contributed by atoms with Crippen LogP contribution in [0, 0.1) is 11.8 Å².